The Labute approximate surface area is 150 Å². The number of non-ortho nitro benzene ring substituents is 1. The molecule has 0 radical (unpaired) electrons. The predicted octanol–water partition coefficient (Wildman–Crippen LogP) is 4.58. The smallest absolute Gasteiger partial charge is 0.277 e. The van der Waals surface area contributed by atoms with Crippen LogP contribution in [0.5, 0.6) is 0 Å². The van der Waals surface area contributed by atoms with Crippen molar-refractivity contribution in [2.45, 2.75) is 13.8 Å². The molecule has 4 aromatic rings. The van der Waals surface area contributed by atoms with E-state index in [1.165, 1.54) is 6.07 Å². The van der Waals surface area contributed by atoms with E-state index in [1.54, 1.807) is 18.3 Å². The van der Waals surface area contributed by atoms with Gasteiger partial charge in [-0.05, 0) is 32.0 Å². The van der Waals surface area contributed by atoms with Gasteiger partial charge in [-0.3, -0.25) is 20.1 Å². The van der Waals surface area contributed by atoms with Crippen LogP contribution in [0.3, 0.4) is 0 Å². The summed E-state index contributed by atoms with van der Waals surface area (Å²) in [6.07, 6.45) is 3.50. The second-order valence-electron chi connectivity index (χ2n) is 5.98. The van der Waals surface area contributed by atoms with Crippen LogP contribution < -0.4 is 5.73 Å². The number of pyridine rings is 2. The minimum absolute atomic E-state index is 0.132. The molecule has 2 heterocycles. The van der Waals surface area contributed by atoms with Gasteiger partial charge in [0.2, 0.25) is 0 Å². The van der Waals surface area contributed by atoms with Crippen molar-refractivity contribution < 1.29 is 4.92 Å². The fraction of sp³-hybridized carbons (Fsp3) is 0.100. The van der Waals surface area contributed by atoms with Crippen LogP contribution in [0.4, 0.5) is 11.4 Å². The summed E-state index contributed by atoms with van der Waals surface area (Å²) < 4.78 is 0. The zero-order chi connectivity index (χ0) is 18.7. The molecule has 0 aliphatic heterocycles. The van der Waals surface area contributed by atoms with E-state index in [0.29, 0.717) is 5.39 Å². The number of fused-ring (bicyclic) bond motifs is 2. The van der Waals surface area contributed by atoms with E-state index < -0.39 is 0 Å². The molecule has 2 N–H and O–H groups in total. The lowest BCUT2D eigenvalue weighted by Gasteiger charge is -2.01. The van der Waals surface area contributed by atoms with Crippen LogP contribution >= 0.6 is 0 Å². The molecule has 2 aromatic heterocycles. The van der Waals surface area contributed by atoms with Gasteiger partial charge in [0.15, 0.2) is 0 Å². The number of nitrogens with zero attached hydrogens (tertiary/aromatic N) is 3. The summed E-state index contributed by atoms with van der Waals surface area (Å²) in [5.74, 6) is 0. The molecule has 26 heavy (non-hydrogen) atoms. The van der Waals surface area contributed by atoms with E-state index in [0.717, 1.165) is 33.2 Å². The molecule has 2 aromatic carbocycles. The standard InChI is InChI=1S/C10H8N2O2.C10H10N2/c1-7-5-9-8(6-11-7)3-2-4-10(9)12(13)14;1-7-5-9-8(6-12-7)3-2-4-10(9)11/h2-6H,1H3;2-6H,11H2,1H3. The van der Waals surface area contributed by atoms with Gasteiger partial charge in [0, 0.05) is 51.7 Å². The SMILES string of the molecule is Cc1cc2c(N)cccc2cn1.Cc1cc2c([N+](=O)[O-])cccc2cn1. The minimum Gasteiger partial charge on any atom is -0.398 e. The molecular weight excluding hydrogens is 328 g/mol. The lowest BCUT2D eigenvalue weighted by atomic mass is 10.1. The number of aromatic nitrogens is 2. The fourth-order valence-corrected chi connectivity index (χ4v) is 2.72. The Morgan fingerprint density at radius 2 is 1.42 bits per heavy atom. The van der Waals surface area contributed by atoms with Gasteiger partial charge in [0.1, 0.15) is 0 Å². The number of aryl methyl sites for hydroxylation is 2. The van der Waals surface area contributed by atoms with E-state index in [9.17, 15) is 10.1 Å². The number of anilines is 1. The highest BCUT2D eigenvalue weighted by molar-refractivity contribution is 5.92. The lowest BCUT2D eigenvalue weighted by Crippen LogP contribution is -1.90. The van der Waals surface area contributed by atoms with Crippen LogP contribution in [0.25, 0.3) is 21.5 Å². The molecule has 0 aliphatic rings. The normalized spacial score (nSPS) is 10.4. The maximum absolute atomic E-state index is 10.7. The second kappa shape index (κ2) is 7.14. The first-order chi connectivity index (χ1) is 12.5. The zero-order valence-electron chi connectivity index (χ0n) is 14.5. The fourth-order valence-electron chi connectivity index (χ4n) is 2.72. The summed E-state index contributed by atoms with van der Waals surface area (Å²) in [4.78, 5) is 18.6. The number of nitro benzene ring substituents is 1. The Bertz CT molecular complexity index is 1110. The van der Waals surface area contributed by atoms with Crippen molar-refractivity contribution in [3.05, 3.63) is 82.4 Å². The largest absolute Gasteiger partial charge is 0.398 e. The number of hydrogen-bond donors (Lipinski definition) is 1. The molecule has 0 saturated carbocycles. The van der Waals surface area contributed by atoms with Crippen molar-refractivity contribution in [1.29, 1.82) is 0 Å². The third kappa shape index (κ3) is 3.59. The van der Waals surface area contributed by atoms with Gasteiger partial charge < -0.3 is 5.73 Å². The van der Waals surface area contributed by atoms with Crippen LogP contribution in [0.1, 0.15) is 11.4 Å². The Balaban J connectivity index is 0.000000152. The Kier molecular flexibility index (Phi) is 4.75. The van der Waals surface area contributed by atoms with Crippen molar-refractivity contribution in [1.82, 2.24) is 9.97 Å². The summed E-state index contributed by atoms with van der Waals surface area (Å²) in [5, 5.41) is 14.3. The van der Waals surface area contributed by atoms with Crippen molar-refractivity contribution in [3.8, 4) is 0 Å². The molecule has 0 amide bonds. The van der Waals surface area contributed by atoms with Crippen LogP contribution in [-0.4, -0.2) is 14.9 Å². The molecule has 0 fully saturated rings. The number of nitro groups is 1. The molecule has 0 atom stereocenters. The number of rotatable bonds is 1. The zero-order valence-corrected chi connectivity index (χ0v) is 14.5. The van der Waals surface area contributed by atoms with Crippen molar-refractivity contribution in [2.75, 3.05) is 5.73 Å². The highest BCUT2D eigenvalue weighted by Crippen LogP contribution is 2.24. The van der Waals surface area contributed by atoms with Gasteiger partial charge in [-0.1, -0.05) is 24.3 Å². The number of hydrogen-bond acceptors (Lipinski definition) is 5. The van der Waals surface area contributed by atoms with Gasteiger partial charge in [-0.15, -0.1) is 0 Å². The molecule has 6 heteroatoms. The van der Waals surface area contributed by atoms with Crippen molar-refractivity contribution >= 4 is 32.9 Å². The van der Waals surface area contributed by atoms with E-state index in [-0.39, 0.29) is 10.6 Å². The molecule has 0 saturated heterocycles. The summed E-state index contributed by atoms with van der Waals surface area (Å²) >= 11 is 0. The first kappa shape index (κ1) is 17.3. The third-order valence-corrected chi connectivity index (χ3v) is 4.01. The van der Waals surface area contributed by atoms with Gasteiger partial charge in [-0.2, -0.15) is 0 Å². The maximum Gasteiger partial charge on any atom is 0.277 e. The topological polar surface area (TPSA) is 94.9 Å². The molecule has 0 unspecified atom stereocenters. The molecule has 0 bridgehead atoms. The van der Waals surface area contributed by atoms with Gasteiger partial charge in [-0.25, -0.2) is 0 Å². The molecule has 0 spiro atoms. The summed E-state index contributed by atoms with van der Waals surface area (Å²) in [6, 6.07) is 14.6. The van der Waals surface area contributed by atoms with E-state index in [2.05, 4.69) is 9.97 Å². The van der Waals surface area contributed by atoms with Gasteiger partial charge in [0.05, 0.1) is 10.3 Å². The van der Waals surface area contributed by atoms with Crippen molar-refractivity contribution in [3.63, 3.8) is 0 Å². The third-order valence-electron chi connectivity index (χ3n) is 4.01. The summed E-state index contributed by atoms with van der Waals surface area (Å²) in [6.45, 7) is 3.78. The number of benzene rings is 2. The number of nitrogens with two attached hydrogens (primary N) is 1. The average molecular weight is 346 g/mol. The van der Waals surface area contributed by atoms with Gasteiger partial charge in [0.25, 0.3) is 5.69 Å². The van der Waals surface area contributed by atoms with Crippen LogP contribution in [-0.2, 0) is 0 Å². The van der Waals surface area contributed by atoms with E-state index in [1.807, 2.05) is 50.4 Å². The van der Waals surface area contributed by atoms with Crippen molar-refractivity contribution in [2.24, 2.45) is 0 Å². The monoisotopic (exact) mass is 346 g/mol. The van der Waals surface area contributed by atoms with Crippen LogP contribution in [0.15, 0.2) is 60.9 Å². The van der Waals surface area contributed by atoms with E-state index in [4.69, 9.17) is 5.73 Å². The first-order valence-electron chi connectivity index (χ1n) is 8.06. The lowest BCUT2D eigenvalue weighted by molar-refractivity contribution is -0.383. The summed E-state index contributed by atoms with van der Waals surface area (Å²) in [5.41, 5.74) is 8.53. The van der Waals surface area contributed by atoms with Gasteiger partial charge >= 0.3 is 0 Å². The molecule has 130 valence electrons. The quantitative estimate of drug-likeness (QED) is 0.309. The molecular formula is C20H18N4O2. The average Bonchev–Trinajstić information content (AvgIpc) is 2.62. The summed E-state index contributed by atoms with van der Waals surface area (Å²) in [7, 11) is 0. The highest BCUT2D eigenvalue weighted by atomic mass is 16.6. The molecule has 4 rings (SSSR count). The Hall–Kier alpha value is -3.54. The highest BCUT2D eigenvalue weighted by Gasteiger charge is 2.10. The van der Waals surface area contributed by atoms with Crippen LogP contribution in [0.2, 0.25) is 0 Å². The second-order valence-corrected chi connectivity index (χ2v) is 5.98. The predicted molar refractivity (Wildman–Crippen MR) is 104 cm³/mol. The molecule has 0 aliphatic carbocycles. The van der Waals surface area contributed by atoms with E-state index >= 15 is 0 Å². The number of nitrogen functional groups attached to an aromatic ring is 1. The minimum atomic E-state index is -0.373. The maximum atomic E-state index is 10.7. The Morgan fingerprint density at radius 3 is 2.04 bits per heavy atom. The van der Waals surface area contributed by atoms with Crippen LogP contribution in [0, 0.1) is 24.0 Å². The first-order valence-corrected chi connectivity index (χ1v) is 8.06. The molecule has 6 nitrogen and oxygen atoms in total. The Morgan fingerprint density at radius 1 is 0.885 bits per heavy atom.